The molecule has 1 aliphatic heterocycles. The fourth-order valence-corrected chi connectivity index (χ4v) is 5.98. The topological polar surface area (TPSA) is 51.5 Å². The average molecular weight is 577 g/mol. The number of halogens is 4. The van der Waals surface area contributed by atoms with Crippen molar-refractivity contribution in [3.8, 4) is 0 Å². The Balaban J connectivity index is 1.62. The molecular weight excluding hydrogens is 545 g/mol. The Labute approximate surface area is 237 Å². The lowest BCUT2D eigenvalue weighted by atomic mass is 9.84. The van der Waals surface area contributed by atoms with Crippen molar-refractivity contribution < 1.29 is 23.1 Å². The van der Waals surface area contributed by atoms with Gasteiger partial charge >= 0.3 is 5.97 Å². The number of allylic oxidation sites excluding steroid dienone is 1. The molecule has 4 rings (SSSR count). The van der Waals surface area contributed by atoms with E-state index in [1.54, 1.807) is 24.0 Å². The summed E-state index contributed by atoms with van der Waals surface area (Å²) in [4.78, 5) is 27.0. The van der Waals surface area contributed by atoms with Crippen molar-refractivity contribution in [2.24, 2.45) is 18.9 Å². The number of carbonyl (C=O) groups is 2. The zero-order chi connectivity index (χ0) is 28.6. The molecule has 2 unspecified atom stereocenters. The summed E-state index contributed by atoms with van der Waals surface area (Å²) >= 11 is 13.4. The standard InChI is InChI=1S/C30H32Cl2F2N2O3/c1-6-30(33,34)20-11-17(2)23-14-21(35(4)26(23)13-20)15-24-25(31)8-7-22(28(24)32)29(38)36-10-9-19(18(3)16-36)12-27(37)39-5/h6-8,11,13-14,18-19H,1,9-10,12,15-16H2,2-5H3. The van der Waals surface area contributed by atoms with Crippen LogP contribution < -0.4 is 0 Å². The molecule has 1 saturated heterocycles. The van der Waals surface area contributed by atoms with Gasteiger partial charge in [0.25, 0.3) is 11.8 Å². The van der Waals surface area contributed by atoms with E-state index in [-0.39, 0.29) is 34.3 Å². The first-order valence-electron chi connectivity index (χ1n) is 12.8. The van der Waals surface area contributed by atoms with E-state index in [2.05, 4.69) is 6.58 Å². The minimum absolute atomic E-state index is 0.122. The summed E-state index contributed by atoms with van der Waals surface area (Å²) in [6.07, 6.45) is 1.99. The molecule has 0 N–H and O–H groups in total. The molecular formula is C30H32Cl2F2N2O3. The lowest BCUT2D eigenvalue weighted by Crippen LogP contribution is -2.43. The quantitative estimate of drug-likeness (QED) is 0.218. The number of hydrogen-bond acceptors (Lipinski definition) is 3. The van der Waals surface area contributed by atoms with Crippen LogP contribution in [0.3, 0.4) is 0 Å². The van der Waals surface area contributed by atoms with E-state index in [0.29, 0.717) is 60.1 Å². The molecule has 1 aromatic heterocycles. The van der Waals surface area contributed by atoms with Crippen LogP contribution in [-0.2, 0) is 28.9 Å². The Morgan fingerprint density at radius 1 is 1.23 bits per heavy atom. The largest absolute Gasteiger partial charge is 0.469 e. The van der Waals surface area contributed by atoms with Gasteiger partial charge in [0.1, 0.15) is 0 Å². The van der Waals surface area contributed by atoms with E-state index in [0.717, 1.165) is 16.6 Å². The van der Waals surface area contributed by atoms with Gasteiger partial charge in [-0.05, 0) is 72.7 Å². The van der Waals surface area contributed by atoms with Crippen LogP contribution in [0.4, 0.5) is 8.78 Å². The van der Waals surface area contributed by atoms with E-state index in [1.807, 2.05) is 24.6 Å². The number of aromatic nitrogens is 1. The summed E-state index contributed by atoms with van der Waals surface area (Å²) < 4.78 is 35.4. The molecule has 1 fully saturated rings. The number of carbonyl (C=O) groups excluding carboxylic acids is 2. The van der Waals surface area contributed by atoms with Crippen molar-refractivity contribution in [2.45, 2.75) is 39.0 Å². The molecule has 2 aromatic carbocycles. The van der Waals surface area contributed by atoms with Gasteiger partial charge in [0.05, 0.1) is 17.7 Å². The predicted molar refractivity (Wildman–Crippen MR) is 151 cm³/mol. The summed E-state index contributed by atoms with van der Waals surface area (Å²) in [6.45, 7) is 8.11. The molecule has 0 bridgehead atoms. The van der Waals surface area contributed by atoms with E-state index < -0.39 is 5.92 Å². The Kier molecular flexibility index (Phi) is 8.43. The number of esters is 1. The smallest absolute Gasteiger partial charge is 0.305 e. The minimum Gasteiger partial charge on any atom is -0.469 e. The molecule has 5 nitrogen and oxygen atoms in total. The Morgan fingerprint density at radius 3 is 2.59 bits per heavy atom. The van der Waals surface area contributed by atoms with E-state index in [4.69, 9.17) is 27.9 Å². The average Bonchev–Trinajstić information content (AvgIpc) is 3.22. The van der Waals surface area contributed by atoms with Gasteiger partial charge < -0.3 is 14.2 Å². The molecule has 9 heteroatoms. The lowest BCUT2D eigenvalue weighted by Gasteiger charge is -2.36. The second-order valence-electron chi connectivity index (χ2n) is 10.4. The van der Waals surface area contributed by atoms with Crippen LogP contribution in [0, 0.1) is 18.8 Å². The second-order valence-corrected chi connectivity index (χ2v) is 11.2. The highest BCUT2D eigenvalue weighted by molar-refractivity contribution is 6.38. The van der Waals surface area contributed by atoms with Crippen molar-refractivity contribution in [2.75, 3.05) is 20.2 Å². The van der Waals surface area contributed by atoms with Gasteiger partial charge in [-0.2, -0.15) is 8.78 Å². The molecule has 3 aromatic rings. The van der Waals surface area contributed by atoms with Crippen molar-refractivity contribution in [3.05, 3.63) is 81.0 Å². The number of likely N-dealkylation sites (tertiary alicyclic amines) is 1. The van der Waals surface area contributed by atoms with Crippen molar-refractivity contribution in [1.82, 2.24) is 9.47 Å². The minimum atomic E-state index is -3.14. The zero-order valence-corrected chi connectivity index (χ0v) is 24.0. The first-order chi connectivity index (χ1) is 18.4. The first-order valence-corrected chi connectivity index (χ1v) is 13.6. The third-order valence-corrected chi connectivity index (χ3v) is 8.70. The number of hydrogen-bond donors (Lipinski definition) is 0. The first kappa shape index (κ1) is 29.1. The van der Waals surface area contributed by atoms with Gasteiger partial charge in [0.15, 0.2) is 0 Å². The van der Waals surface area contributed by atoms with E-state index >= 15 is 0 Å². The Morgan fingerprint density at radius 2 is 1.95 bits per heavy atom. The molecule has 208 valence electrons. The Bertz CT molecular complexity index is 1450. The van der Waals surface area contributed by atoms with Crippen LogP contribution >= 0.6 is 23.2 Å². The number of amides is 1. The summed E-state index contributed by atoms with van der Waals surface area (Å²) in [5, 5.41) is 1.54. The van der Waals surface area contributed by atoms with Crippen LogP contribution in [-0.4, -0.2) is 41.5 Å². The number of nitrogens with zero attached hydrogens (tertiary/aromatic N) is 2. The molecule has 2 heterocycles. The maximum absolute atomic E-state index is 14.4. The van der Waals surface area contributed by atoms with Crippen LogP contribution in [0.15, 0.2) is 43.0 Å². The monoisotopic (exact) mass is 576 g/mol. The number of fused-ring (bicyclic) bond motifs is 1. The maximum Gasteiger partial charge on any atom is 0.305 e. The van der Waals surface area contributed by atoms with Gasteiger partial charge in [-0.25, -0.2) is 0 Å². The molecule has 2 atom stereocenters. The number of alkyl halides is 2. The lowest BCUT2D eigenvalue weighted by molar-refractivity contribution is -0.142. The van der Waals surface area contributed by atoms with Crippen molar-refractivity contribution in [1.29, 1.82) is 0 Å². The fourth-order valence-electron chi connectivity index (χ4n) is 5.40. The van der Waals surface area contributed by atoms with Crippen LogP contribution in [0.5, 0.6) is 0 Å². The Hall–Kier alpha value is -2.90. The van der Waals surface area contributed by atoms with Gasteiger partial charge in [-0.1, -0.05) is 36.7 Å². The van der Waals surface area contributed by atoms with Gasteiger partial charge in [0.2, 0.25) is 0 Å². The summed E-state index contributed by atoms with van der Waals surface area (Å²) in [6, 6.07) is 8.19. The number of piperidine rings is 1. The summed E-state index contributed by atoms with van der Waals surface area (Å²) in [7, 11) is 3.19. The van der Waals surface area contributed by atoms with Crippen molar-refractivity contribution >= 4 is 46.0 Å². The molecule has 0 spiro atoms. The SMILES string of the molecule is C=CC(F)(F)c1cc(C)c2cc(Cc3c(Cl)ccc(C(=O)N4CCC(CC(=O)OC)C(C)C4)c3Cl)n(C)c2c1. The third kappa shape index (κ3) is 5.71. The normalized spacial score (nSPS) is 17.9. The van der Waals surface area contributed by atoms with Gasteiger partial charge in [0, 0.05) is 60.2 Å². The van der Waals surface area contributed by atoms with E-state index in [9.17, 15) is 18.4 Å². The fraction of sp³-hybridized carbons (Fsp3) is 0.400. The molecule has 0 radical (unpaired) electrons. The van der Waals surface area contributed by atoms with Gasteiger partial charge in [-0.15, -0.1) is 0 Å². The molecule has 0 saturated carbocycles. The highest BCUT2D eigenvalue weighted by Crippen LogP contribution is 2.37. The zero-order valence-electron chi connectivity index (χ0n) is 22.5. The number of aryl methyl sites for hydroxylation is 2. The maximum atomic E-state index is 14.4. The predicted octanol–water partition coefficient (Wildman–Crippen LogP) is 7.32. The number of rotatable bonds is 7. The number of benzene rings is 2. The molecule has 39 heavy (non-hydrogen) atoms. The summed E-state index contributed by atoms with van der Waals surface area (Å²) in [5.41, 5.74) is 3.03. The highest BCUT2D eigenvalue weighted by atomic mass is 35.5. The number of ether oxygens (including phenoxy) is 1. The van der Waals surface area contributed by atoms with Crippen LogP contribution in [0.1, 0.15) is 52.5 Å². The highest BCUT2D eigenvalue weighted by Gasteiger charge is 2.32. The van der Waals surface area contributed by atoms with E-state index in [1.165, 1.54) is 19.2 Å². The molecule has 0 aliphatic carbocycles. The molecule has 1 aliphatic rings. The summed E-state index contributed by atoms with van der Waals surface area (Å²) in [5.74, 6) is -3.29. The van der Waals surface area contributed by atoms with Crippen LogP contribution in [0.2, 0.25) is 10.0 Å². The second kappa shape index (κ2) is 11.3. The number of methoxy groups -OCH3 is 1. The van der Waals surface area contributed by atoms with Crippen LogP contribution in [0.25, 0.3) is 10.9 Å². The third-order valence-electron chi connectivity index (χ3n) is 7.91. The molecule has 1 amide bonds. The van der Waals surface area contributed by atoms with Crippen molar-refractivity contribution in [3.63, 3.8) is 0 Å². The van der Waals surface area contributed by atoms with Gasteiger partial charge in [-0.3, -0.25) is 9.59 Å².